The molecule has 0 aromatic rings. The van der Waals surface area contributed by atoms with Crippen LogP contribution in [0, 0.1) is 0 Å². The molecule has 0 N–H and O–H groups in total. The Kier molecular flexibility index (Phi) is 3.60. The number of nitrogens with zero attached hydrogens (tertiary/aromatic N) is 1. The van der Waals surface area contributed by atoms with Crippen molar-refractivity contribution >= 4 is 0 Å². The zero-order valence-corrected chi connectivity index (χ0v) is 7.31. The van der Waals surface area contributed by atoms with Gasteiger partial charge >= 0.3 is 0 Å². The lowest BCUT2D eigenvalue weighted by Crippen LogP contribution is -2.36. The van der Waals surface area contributed by atoms with Crippen LogP contribution in [0.15, 0.2) is 12.2 Å². The fourth-order valence-electron chi connectivity index (χ4n) is 1.17. The molecule has 0 aromatic heterocycles. The van der Waals surface area contributed by atoms with Crippen LogP contribution in [0.2, 0.25) is 0 Å². The Labute approximate surface area is 68.8 Å². The lowest BCUT2D eigenvalue weighted by Gasteiger charge is -2.26. The van der Waals surface area contributed by atoms with Gasteiger partial charge in [0, 0.05) is 19.6 Å². The van der Waals surface area contributed by atoms with Crippen LogP contribution in [0.4, 0.5) is 0 Å². The van der Waals surface area contributed by atoms with Crippen molar-refractivity contribution < 1.29 is 4.74 Å². The Morgan fingerprint density at radius 1 is 1.45 bits per heavy atom. The molecule has 1 fully saturated rings. The first-order valence-electron chi connectivity index (χ1n) is 4.23. The summed E-state index contributed by atoms with van der Waals surface area (Å²) in [5.74, 6) is 0. The van der Waals surface area contributed by atoms with Crippen LogP contribution >= 0.6 is 0 Å². The highest BCUT2D eigenvalue weighted by Gasteiger charge is 2.08. The summed E-state index contributed by atoms with van der Waals surface area (Å²) in [5, 5.41) is 0. The minimum absolute atomic E-state index is 0.899. The lowest BCUT2D eigenvalue weighted by molar-refractivity contribution is 0.0384. The van der Waals surface area contributed by atoms with Crippen molar-refractivity contribution in [2.45, 2.75) is 13.3 Å². The van der Waals surface area contributed by atoms with Gasteiger partial charge in [-0.1, -0.05) is 5.57 Å². The molecule has 1 aliphatic heterocycles. The summed E-state index contributed by atoms with van der Waals surface area (Å²) in [6.07, 6.45) is 1.12. The predicted molar refractivity (Wildman–Crippen MR) is 46.7 cm³/mol. The third-order valence-electron chi connectivity index (χ3n) is 1.96. The van der Waals surface area contributed by atoms with Gasteiger partial charge in [-0.05, 0) is 13.3 Å². The largest absolute Gasteiger partial charge is 0.379 e. The van der Waals surface area contributed by atoms with E-state index in [1.54, 1.807) is 0 Å². The molecule has 0 saturated carbocycles. The van der Waals surface area contributed by atoms with Gasteiger partial charge in [0.15, 0.2) is 0 Å². The maximum atomic E-state index is 5.24. The second-order valence-electron chi connectivity index (χ2n) is 3.16. The molecule has 64 valence electrons. The molecule has 0 bridgehead atoms. The van der Waals surface area contributed by atoms with E-state index in [1.165, 1.54) is 5.57 Å². The predicted octanol–water partition coefficient (Wildman–Crippen LogP) is 1.28. The lowest BCUT2D eigenvalue weighted by atomic mass is 10.2. The van der Waals surface area contributed by atoms with Crippen molar-refractivity contribution in [3.05, 3.63) is 12.2 Å². The number of ether oxygens (including phenoxy) is 1. The summed E-state index contributed by atoms with van der Waals surface area (Å²) in [4.78, 5) is 2.43. The highest BCUT2D eigenvalue weighted by atomic mass is 16.5. The molecule has 1 saturated heterocycles. The van der Waals surface area contributed by atoms with Crippen molar-refractivity contribution in [3.63, 3.8) is 0 Å². The van der Waals surface area contributed by atoms with Crippen LogP contribution in [0.1, 0.15) is 13.3 Å². The molecule has 0 unspecified atom stereocenters. The minimum Gasteiger partial charge on any atom is -0.379 e. The van der Waals surface area contributed by atoms with Crippen molar-refractivity contribution in [3.8, 4) is 0 Å². The van der Waals surface area contributed by atoms with E-state index >= 15 is 0 Å². The molecule has 1 heterocycles. The van der Waals surface area contributed by atoms with Crippen molar-refractivity contribution in [2.24, 2.45) is 0 Å². The number of morpholine rings is 1. The van der Waals surface area contributed by atoms with E-state index in [1.807, 2.05) is 0 Å². The Morgan fingerprint density at radius 3 is 2.64 bits per heavy atom. The minimum atomic E-state index is 0.899. The third kappa shape index (κ3) is 3.54. The molecule has 0 radical (unpaired) electrons. The smallest absolute Gasteiger partial charge is 0.0594 e. The summed E-state index contributed by atoms with van der Waals surface area (Å²) in [7, 11) is 0. The van der Waals surface area contributed by atoms with E-state index < -0.39 is 0 Å². The quantitative estimate of drug-likeness (QED) is 0.569. The Balaban J connectivity index is 2.09. The molecule has 1 aliphatic rings. The second kappa shape index (κ2) is 4.52. The zero-order valence-electron chi connectivity index (χ0n) is 7.31. The third-order valence-corrected chi connectivity index (χ3v) is 1.96. The summed E-state index contributed by atoms with van der Waals surface area (Å²) in [5.41, 5.74) is 1.27. The van der Waals surface area contributed by atoms with E-state index in [-0.39, 0.29) is 0 Å². The van der Waals surface area contributed by atoms with Gasteiger partial charge in [0.2, 0.25) is 0 Å². The van der Waals surface area contributed by atoms with Crippen molar-refractivity contribution in [1.82, 2.24) is 4.90 Å². The van der Waals surface area contributed by atoms with Gasteiger partial charge in [-0.3, -0.25) is 4.90 Å². The topological polar surface area (TPSA) is 12.5 Å². The number of rotatable bonds is 3. The molecule has 0 amide bonds. The average molecular weight is 155 g/mol. The van der Waals surface area contributed by atoms with Gasteiger partial charge in [0.05, 0.1) is 13.2 Å². The maximum absolute atomic E-state index is 5.24. The summed E-state index contributed by atoms with van der Waals surface area (Å²) in [6.45, 7) is 11.1. The standard InChI is InChI=1S/C9H17NO/c1-9(2)3-4-10-5-7-11-8-6-10/h1,3-8H2,2H3. The molecule has 0 atom stereocenters. The zero-order chi connectivity index (χ0) is 8.10. The van der Waals surface area contributed by atoms with E-state index in [0.717, 1.165) is 39.3 Å². The molecule has 1 rings (SSSR count). The fourth-order valence-corrected chi connectivity index (χ4v) is 1.17. The molecule has 0 aromatic carbocycles. The molecule has 0 spiro atoms. The Hall–Kier alpha value is -0.340. The van der Waals surface area contributed by atoms with Crippen molar-refractivity contribution in [1.29, 1.82) is 0 Å². The SMILES string of the molecule is C=C(C)CCN1CCOCC1. The Bertz CT molecular complexity index is 128. The van der Waals surface area contributed by atoms with Gasteiger partial charge in [0.25, 0.3) is 0 Å². The van der Waals surface area contributed by atoms with Crippen LogP contribution in [0.25, 0.3) is 0 Å². The van der Waals surface area contributed by atoms with E-state index in [0.29, 0.717) is 0 Å². The maximum Gasteiger partial charge on any atom is 0.0594 e. The summed E-state index contributed by atoms with van der Waals surface area (Å²) >= 11 is 0. The highest BCUT2D eigenvalue weighted by Crippen LogP contribution is 2.01. The Morgan fingerprint density at radius 2 is 2.09 bits per heavy atom. The monoisotopic (exact) mass is 155 g/mol. The first-order chi connectivity index (χ1) is 5.29. The van der Waals surface area contributed by atoms with Gasteiger partial charge in [-0.2, -0.15) is 0 Å². The number of hydrogen-bond acceptors (Lipinski definition) is 2. The second-order valence-corrected chi connectivity index (χ2v) is 3.16. The van der Waals surface area contributed by atoms with Gasteiger partial charge < -0.3 is 4.74 Å². The molecule has 0 aliphatic carbocycles. The van der Waals surface area contributed by atoms with Gasteiger partial charge in [-0.15, -0.1) is 6.58 Å². The van der Waals surface area contributed by atoms with E-state index in [4.69, 9.17) is 4.74 Å². The molecule has 2 heteroatoms. The normalized spacial score (nSPS) is 20.1. The molecular weight excluding hydrogens is 138 g/mol. The van der Waals surface area contributed by atoms with E-state index in [9.17, 15) is 0 Å². The van der Waals surface area contributed by atoms with Gasteiger partial charge in [0.1, 0.15) is 0 Å². The van der Waals surface area contributed by atoms with Crippen LogP contribution in [-0.2, 0) is 4.74 Å². The highest BCUT2D eigenvalue weighted by molar-refractivity contribution is 4.88. The van der Waals surface area contributed by atoms with Crippen molar-refractivity contribution in [2.75, 3.05) is 32.8 Å². The fraction of sp³-hybridized carbons (Fsp3) is 0.778. The van der Waals surface area contributed by atoms with Crippen LogP contribution in [-0.4, -0.2) is 37.7 Å². The molecule has 2 nitrogen and oxygen atoms in total. The van der Waals surface area contributed by atoms with Crippen LogP contribution in [0.5, 0.6) is 0 Å². The van der Waals surface area contributed by atoms with Crippen LogP contribution in [0.3, 0.4) is 0 Å². The van der Waals surface area contributed by atoms with Gasteiger partial charge in [-0.25, -0.2) is 0 Å². The van der Waals surface area contributed by atoms with Crippen LogP contribution < -0.4 is 0 Å². The van der Waals surface area contributed by atoms with E-state index in [2.05, 4.69) is 18.4 Å². The average Bonchev–Trinajstić information content (AvgIpc) is 2.03. The number of hydrogen-bond donors (Lipinski definition) is 0. The summed E-state index contributed by atoms with van der Waals surface area (Å²) < 4.78 is 5.24. The first kappa shape index (κ1) is 8.75. The molecule has 11 heavy (non-hydrogen) atoms. The summed E-state index contributed by atoms with van der Waals surface area (Å²) in [6, 6.07) is 0. The first-order valence-corrected chi connectivity index (χ1v) is 4.23. The molecular formula is C9H17NO.